The normalized spacial score (nSPS) is 11.1. The first-order chi connectivity index (χ1) is 7.54. The fraction of sp³-hybridized carbons (Fsp3) is 0.308. The van der Waals surface area contributed by atoms with Crippen LogP contribution in [0.25, 0.3) is 10.9 Å². The molecule has 0 atom stereocenters. The summed E-state index contributed by atoms with van der Waals surface area (Å²) in [6, 6.07) is 2.92. The predicted octanol–water partition coefficient (Wildman–Crippen LogP) is 4.21. The van der Waals surface area contributed by atoms with Crippen molar-refractivity contribution in [2.45, 2.75) is 27.2 Å². The molecule has 0 bridgehead atoms. The number of hydrogen-bond donors (Lipinski definition) is 0. The highest BCUT2D eigenvalue weighted by atomic mass is 35.5. The van der Waals surface area contributed by atoms with Gasteiger partial charge in [0.25, 0.3) is 0 Å². The lowest BCUT2D eigenvalue weighted by molar-refractivity contribution is 0.628. The monoisotopic (exact) mass is 237 g/mol. The number of fused-ring (bicyclic) bond motifs is 1. The second-order valence-electron chi connectivity index (χ2n) is 3.97. The van der Waals surface area contributed by atoms with Crippen molar-refractivity contribution < 1.29 is 4.39 Å². The van der Waals surface area contributed by atoms with Crippen LogP contribution in [0.1, 0.15) is 23.7 Å². The maximum atomic E-state index is 13.3. The van der Waals surface area contributed by atoms with Gasteiger partial charge in [-0.05, 0) is 37.5 Å². The van der Waals surface area contributed by atoms with Crippen LogP contribution in [0, 0.1) is 19.7 Å². The summed E-state index contributed by atoms with van der Waals surface area (Å²) in [6.45, 7) is 5.82. The molecule has 0 fully saturated rings. The van der Waals surface area contributed by atoms with E-state index in [1.807, 2.05) is 20.8 Å². The number of halogens is 2. The van der Waals surface area contributed by atoms with Gasteiger partial charge in [0.1, 0.15) is 5.82 Å². The van der Waals surface area contributed by atoms with Gasteiger partial charge in [0.2, 0.25) is 0 Å². The molecule has 0 aliphatic carbocycles. The fourth-order valence-corrected chi connectivity index (χ4v) is 2.34. The van der Waals surface area contributed by atoms with Crippen molar-refractivity contribution in [2.24, 2.45) is 0 Å². The average molecular weight is 238 g/mol. The smallest absolute Gasteiger partial charge is 0.125 e. The van der Waals surface area contributed by atoms with Crippen molar-refractivity contribution in [3.05, 3.63) is 39.8 Å². The van der Waals surface area contributed by atoms with Crippen LogP contribution in [0.5, 0.6) is 0 Å². The van der Waals surface area contributed by atoms with Crippen LogP contribution in [0.2, 0.25) is 5.02 Å². The summed E-state index contributed by atoms with van der Waals surface area (Å²) >= 11 is 6.31. The standard InChI is InChI=1S/C13H13ClFN/c1-4-10-8(3)13(14)12-7(2)5-9(15)6-11(12)16-10/h5-6H,4H2,1-3H3. The molecule has 0 amide bonds. The molecule has 16 heavy (non-hydrogen) atoms. The number of pyridine rings is 1. The second-order valence-corrected chi connectivity index (χ2v) is 4.35. The van der Waals surface area contributed by atoms with Crippen molar-refractivity contribution in [3.8, 4) is 0 Å². The van der Waals surface area contributed by atoms with Crippen LogP contribution >= 0.6 is 11.6 Å². The molecule has 0 saturated heterocycles. The van der Waals surface area contributed by atoms with E-state index in [2.05, 4.69) is 4.98 Å². The molecule has 0 aliphatic rings. The van der Waals surface area contributed by atoms with Crippen molar-refractivity contribution in [2.75, 3.05) is 0 Å². The third-order valence-corrected chi connectivity index (χ3v) is 3.32. The quantitative estimate of drug-likeness (QED) is 0.724. The highest BCUT2D eigenvalue weighted by Gasteiger charge is 2.11. The topological polar surface area (TPSA) is 12.9 Å². The second kappa shape index (κ2) is 4.02. The first kappa shape index (κ1) is 11.3. The Kier molecular flexibility index (Phi) is 2.85. The summed E-state index contributed by atoms with van der Waals surface area (Å²) in [4.78, 5) is 4.45. The van der Waals surface area contributed by atoms with E-state index in [-0.39, 0.29) is 5.82 Å². The molecular formula is C13H13ClFN. The van der Waals surface area contributed by atoms with Crippen LogP contribution in [0.3, 0.4) is 0 Å². The average Bonchev–Trinajstić information content (AvgIpc) is 2.22. The Hall–Kier alpha value is -1.15. The Bertz CT molecular complexity index is 564. The molecule has 1 heterocycles. The van der Waals surface area contributed by atoms with E-state index in [9.17, 15) is 4.39 Å². The van der Waals surface area contributed by atoms with Crippen molar-refractivity contribution >= 4 is 22.5 Å². The van der Waals surface area contributed by atoms with Crippen LogP contribution in [0.15, 0.2) is 12.1 Å². The number of benzene rings is 1. The third-order valence-electron chi connectivity index (χ3n) is 2.85. The minimum atomic E-state index is -0.264. The van der Waals surface area contributed by atoms with Gasteiger partial charge >= 0.3 is 0 Å². The summed E-state index contributed by atoms with van der Waals surface area (Å²) in [6.07, 6.45) is 0.803. The summed E-state index contributed by atoms with van der Waals surface area (Å²) in [5.74, 6) is -0.264. The molecule has 2 rings (SSSR count). The third kappa shape index (κ3) is 1.67. The van der Waals surface area contributed by atoms with Gasteiger partial charge in [-0.15, -0.1) is 0 Å². The molecule has 3 heteroatoms. The van der Waals surface area contributed by atoms with Crippen molar-refractivity contribution in [1.29, 1.82) is 0 Å². The van der Waals surface area contributed by atoms with Crippen LogP contribution in [-0.2, 0) is 6.42 Å². The van der Waals surface area contributed by atoms with Gasteiger partial charge in [-0.25, -0.2) is 4.39 Å². The van der Waals surface area contributed by atoms with Gasteiger partial charge < -0.3 is 0 Å². The van der Waals surface area contributed by atoms with Gasteiger partial charge in [0.15, 0.2) is 0 Å². The molecular weight excluding hydrogens is 225 g/mol. The first-order valence-corrected chi connectivity index (χ1v) is 5.67. The lowest BCUT2D eigenvalue weighted by Gasteiger charge is -2.10. The van der Waals surface area contributed by atoms with E-state index in [4.69, 9.17) is 11.6 Å². The number of aryl methyl sites for hydroxylation is 2. The van der Waals surface area contributed by atoms with Gasteiger partial charge in [-0.1, -0.05) is 18.5 Å². The van der Waals surface area contributed by atoms with Gasteiger partial charge in [0, 0.05) is 17.1 Å². The summed E-state index contributed by atoms with van der Waals surface area (Å²) in [5, 5.41) is 1.55. The Balaban J connectivity index is 2.92. The van der Waals surface area contributed by atoms with E-state index in [1.165, 1.54) is 12.1 Å². The number of rotatable bonds is 1. The predicted molar refractivity (Wildman–Crippen MR) is 65.6 cm³/mol. The molecule has 0 aliphatic heterocycles. The van der Waals surface area contributed by atoms with Gasteiger partial charge in [-0.2, -0.15) is 0 Å². The van der Waals surface area contributed by atoms with E-state index in [0.717, 1.165) is 28.6 Å². The molecule has 0 unspecified atom stereocenters. The Morgan fingerprint density at radius 1 is 1.31 bits per heavy atom. The van der Waals surface area contributed by atoms with Crippen LogP contribution < -0.4 is 0 Å². The lowest BCUT2D eigenvalue weighted by Crippen LogP contribution is -1.96. The lowest BCUT2D eigenvalue weighted by atomic mass is 10.0. The Morgan fingerprint density at radius 2 is 2.00 bits per heavy atom. The molecule has 1 aromatic heterocycles. The largest absolute Gasteiger partial charge is 0.252 e. The zero-order valence-electron chi connectivity index (χ0n) is 9.56. The minimum absolute atomic E-state index is 0.264. The molecule has 0 N–H and O–H groups in total. The highest BCUT2D eigenvalue weighted by Crippen LogP contribution is 2.30. The number of aromatic nitrogens is 1. The molecule has 1 nitrogen and oxygen atoms in total. The van der Waals surface area contributed by atoms with Crippen molar-refractivity contribution in [3.63, 3.8) is 0 Å². The summed E-state index contributed by atoms with van der Waals surface area (Å²) in [5.41, 5.74) is 3.40. The van der Waals surface area contributed by atoms with E-state index < -0.39 is 0 Å². The zero-order chi connectivity index (χ0) is 11.9. The van der Waals surface area contributed by atoms with Crippen molar-refractivity contribution in [1.82, 2.24) is 4.98 Å². The van der Waals surface area contributed by atoms with E-state index in [1.54, 1.807) is 0 Å². The molecule has 0 saturated carbocycles. The molecule has 1 aromatic carbocycles. The first-order valence-electron chi connectivity index (χ1n) is 5.29. The van der Waals surface area contributed by atoms with Gasteiger partial charge in [-0.3, -0.25) is 4.98 Å². The summed E-state index contributed by atoms with van der Waals surface area (Å²) in [7, 11) is 0. The molecule has 2 aromatic rings. The van der Waals surface area contributed by atoms with E-state index >= 15 is 0 Å². The van der Waals surface area contributed by atoms with Gasteiger partial charge in [0.05, 0.1) is 10.5 Å². The molecule has 0 spiro atoms. The Morgan fingerprint density at radius 3 is 2.62 bits per heavy atom. The van der Waals surface area contributed by atoms with Crippen LogP contribution in [-0.4, -0.2) is 4.98 Å². The number of nitrogens with zero attached hydrogens (tertiary/aromatic N) is 1. The Labute approximate surface area is 99.3 Å². The minimum Gasteiger partial charge on any atom is -0.252 e. The maximum absolute atomic E-state index is 13.3. The molecule has 0 radical (unpaired) electrons. The highest BCUT2D eigenvalue weighted by molar-refractivity contribution is 6.36. The SMILES string of the molecule is CCc1nc2cc(F)cc(C)c2c(Cl)c1C. The van der Waals surface area contributed by atoms with Crippen LogP contribution in [0.4, 0.5) is 4.39 Å². The molecule has 84 valence electrons. The number of hydrogen-bond acceptors (Lipinski definition) is 1. The fourth-order valence-electron chi connectivity index (χ4n) is 1.99. The summed E-state index contributed by atoms with van der Waals surface area (Å²) < 4.78 is 13.3. The zero-order valence-corrected chi connectivity index (χ0v) is 10.3. The maximum Gasteiger partial charge on any atom is 0.125 e. The van der Waals surface area contributed by atoms with E-state index in [0.29, 0.717) is 10.5 Å².